The third kappa shape index (κ3) is 2.45. The summed E-state index contributed by atoms with van der Waals surface area (Å²) in [5.74, 6) is 0. The minimum atomic E-state index is -0.0718. The van der Waals surface area contributed by atoms with E-state index in [1.807, 2.05) is 12.1 Å². The van der Waals surface area contributed by atoms with Gasteiger partial charge in [-0.25, -0.2) is 0 Å². The van der Waals surface area contributed by atoms with Crippen molar-refractivity contribution in [2.75, 3.05) is 6.61 Å². The Hall–Kier alpha value is -0.0900. The van der Waals surface area contributed by atoms with Crippen LogP contribution in [0.1, 0.15) is 17.3 Å². The van der Waals surface area contributed by atoms with Crippen molar-refractivity contribution in [2.24, 2.45) is 5.73 Å². The summed E-state index contributed by atoms with van der Waals surface area (Å²) in [6.45, 7) is 0.122. The number of halogens is 1. The second-order valence-electron chi connectivity index (χ2n) is 2.26. The first kappa shape index (κ1) is 9.00. The van der Waals surface area contributed by atoms with E-state index in [4.69, 9.17) is 22.4 Å². The van der Waals surface area contributed by atoms with Gasteiger partial charge in [0, 0.05) is 17.5 Å². The van der Waals surface area contributed by atoms with Crippen LogP contribution >= 0.6 is 22.9 Å². The molecule has 0 aromatic carbocycles. The Balaban J connectivity index is 2.60. The van der Waals surface area contributed by atoms with E-state index < -0.39 is 0 Å². The Morgan fingerprint density at radius 3 is 2.82 bits per heavy atom. The van der Waals surface area contributed by atoms with E-state index >= 15 is 0 Å². The summed E-state index contributed by atoms with van der Waals surface area (Å²) < 4.78 is 0.744. The maximum absolute atomic E-state index is 8.60. The average Bonchev–Trinajstić information content (AvgIpc) is 2.36. The lowest BCUT2D eigenvalue weighted by atomic mass is 10.2. The molecule has 0 bridgehead atoms. The molecule has 4 heteroatoms. The van der Waals surface area contributed by atoms with Gasteiger partial charge in [0.15, 0.2) is 0 Å². The maximum atomic E-state index is 8.60. The molecule has 0 spiro atoms. The Kier molecular flexibility index (Phi) is 3.33. The second-order valence-corrected chi connectivity index (χ2v) is 4.01. The molecule has 11 heavy (non-hydrogen) atoms. The van der Waals surface area contributed by atoms with Gasteiger partial charge in [-0.3, -0.25) is 0 Å². The highest BCUT2D eigenvalue weighted by molar-refractivity contribution is 7.16. The van der Waals surface area contributed by atoms with Gasteiger partial charge < -0.3 is 10.8 Å². The normalized spacial score (nSPS) is 13.4. The zero-order valence-electron chi connectivity index (χ0n) is 5.96. The van der Waals surface area contributed by atoms with Crippen molar-refractivity contribution < 1.29 is 5.11 Å². The summed E-state index contributed by atoms with van der Waals surface area (Å²) in [7, 11) is 0. The summed E-state index contributed by atoms with van der Waals surface area (Å²) >= 11 is 7.17. The fourth-order valence-corrected chi connectivity index (χ4v) is 1.91. The largest absolute Gasteiger partial charge is 0.396 e. The van der Waals surface area contributed by atoms with Gasteiger partial charge in [-0.05, 0) is 18.6 Å². The maximum Gasteiger partial charge on any atom is 0.0931 e. The molecule has 0 amide bonds. The lowest BCUT2D eigenvalue weighted by Crippen LogP contribution is -2.09. The van der Waals surface area contributed by atoms with Crippen LogP contribution in [0.15, 0.2) is 12.1 Å². The monoisotopic (exact) mass is 191 g/mol. The fourth-order valence-electron chi connectivity index (χ4n) is 0.809. The second kappa shape index (κ2) is 4.07. The van der Waals surface area contributed by atoms with Gasteiger partial charge in [0.25, 0.3) is 0 Å². The van der Waals surface area contributed by atoms with Crippen LogP contribution in [0.25, 0.3) is 0 Å². The first-order chi connectivity index (χ1) is 5.24. The van der Waals surface area contributed by atoms with E-state index in [2.05, 4.69) is 0 Å². The summed E-state index contributed by atoms with van der Waals surface area (Å²) in [5, 5.41) is 8.60. The predicted molar refractivity (Wildman–Crippen MR) is 48.0 cm³/mol. The molecule has 1 rings (SSSR count). The lowest BCUT2D eigenvalue weighted by molar-refractivity contribution is 0.277. The van der Waals surface area contributed by atoms with Gasteiger partial charge in [-0.1, -0.05) is 11.6 Å². The van der Waals surface area contributed by atoms with Crippen molar-refractivity contribution in [2.45, 2.75) is 12.5 Å². The molecule has 0 radical (unpaired) electrons. The molecule has 0 saturated heterocycles. The third-order valence-corrected chi connectivity index (χ3v) is 2.76. The first-order valence-electron chi connectivity index (χ1n) is 3.35. The van der Waals surface area contributed by atoms with Crippen molar-refractivity contribution in [3.05, 3.63) is 21.3 Å². The summed E-state index contributed by atoms with van der Waals surface area (Å²) in [5.41, 5.74) is 5.71. The van der Waals surface area contributed by atoms with E-state index in [1.165, 1.54) is 11.3 Å². The molecular weight excluding hydrogens is 182 g/mol. The van der Waals surface area contributed by atoms with Gasteiger partial charge in [0.05, 0.1) is 4.34 Å². The smallest absolute Gasteiger partial charge is 0.0931 e. The van der Waals surface area contributed by atoms with Crippen LogP contribution in [-0.4, -0.2) is 11.7 Å². The minimum absolute atomic E-state index is 0.0718. The molecule has 0 aliphatic heterocycles. The van der Waals surface area contributed by atoms with Crippen LogP contribution in [0.4, 0.5) is 0 Å². The van der Waals surface area contributed by atoms with Crippen molar-refractivity contribution in [3.63, 3.8) is 0 Å². The molecule has 2 nitrogen and oxygen atoms in total. The zero-order chi connectivity index (χ0) is 8.27. The summed E-state index contributed by atoms with van der Waals surface area (Å²) in [6.07, 6.45) is 0.594. The highest BCUT2D eigenvalue weighted by Gasteiger charge is 2.06. The SMILES string of the molecule is N[C@@H](CCO)c1ccc(Cl)s1. The van der Waals surface area contributed by atoms with Crippen molar-refractivity contribution in [1.29, 1.82) is 0 Å². The first-order valence-corrected chi connectivity index (χ1v) is 4.55. The van der Waals surface area contributed by atoms with Crippen LogP contribution in [-0.2, 0) is 0 Å². The summed E-state index contributed by atoms with van der Waals surface area (Å²) in [4.78, 5) is 1.03. The van der Waals surface area contributed by atoms with Crippen molar-refractivity contribution >= 4 is 22.9 Å². The molecule has 1 heterocycles. The standard InChI is InChI=1S/C7H10ClNOS/c8-7-2-1-6(11-7)5(9)3-4-10/h1-2,5,10H,3-4,9H2/t5-/m0/s1. The van der Waals surface area contributed by atoms with E-state index in [0.29, 0.717) is 6.42 Å². The van der Waals surface area contributed by atoms with Crippen LogP contribution in [0.3, 0.4) is 0 Å². The van der Waals surface area contributed by atoms with E-state index in [1.54, 1.807) is 0 Å². The van der Waals surface area contributed by atoms with E-state index in [-0.39, 0.29) is 12.6 Å². The number of nitrogens with two attached hydrogens (primary N) is 1. The lowest BCUT2D eigenvalue weighted by Gasteiger charge is -2.05. The molecule has 1 aromatic rings. The molecular formula is C7H10ClNOS. The number of hydrogen-bond acceptors (Lipinski definition) is 3. The molecule has 0 saturated carbocycles. The zero-order valence-corrected chi connectivity index (χ0v) is 7.53. The number of aliphatic hydroxyl groups is 1. The predicted octanol–water partition coefficient (Wildman–Crippen LogP) is 1.78. The highest BCUT2D eigenvalue weighted by Crippen LogP contribution is 2.26. The quantitative estimate of drug-likeness (QED) is 0.765. The van der Waals surface area contributed by atoms with Crippen LogP contribution in [0, 0.1) is 0 Å². The Labute approximate surface area is 74.6 Å². The van der Waals surface area contributed by atoms with Crippen molar-refractivity contribution in [3.8, 4) is 0 Å². The minimum Gasteiger partial charge on any atom is -0.396 e. The average molecular weight is 192 g/mol. The molecule has 0 aliphatic rings. The Bertz CT molecular complexity index is 226. The molecule has 0 unspecified atom stereocenters. The number of hydrogen-bond donors (Lipinski definition) is 2. The molecule has 0 aliphatic carbocycles. The topological polar surface area (TPSA) is 46.2 Å². The third-order valence-electron chi connectivity index (χ3n) is 1.40. The number of rotatable bonds is 3. The van der Waals surface area contributed by atoms with Crippen LogP contribution < -0.4 is 5.73 Å². The molecule has 62 valence electrons. The van der Waals surface area contributed by atoms with E-state index in [9.17, 15) is 0 Å². The van der Waals surface area contributed by atoms with Gasteiger partial charge in [-0.15, -0.1) is 11.3 Å². The summed E-state index contributed by atoms with van der Waals surface area (Å²) in [6, 6.07) is 3.64. The highest BCUT2D eigenvalue weighted by atomic mass is 35.5. The Morgan fingerprint density at radius 2 is 2.36 bits per heavy atom. The van der Waals surface area contributed by atoms with Gasteiger partial charge in [0.1, 0.15) is 0 Å². The van der Waals surface area contributed by atoms with E-state index in [0.717, 1.165) is 9.21 Å². The Morgan fingerprint density at radius 1 is 1.64 bits per heavy atom. The van der Waals surface area contributed by atoms with Gasteiger partial charge in [-0.2, -0.15) is 0 Å². The molecule has 3 N–H and O–H groups in total. The molecule has 0 fully saturated rings. The van der Waals surface area contributed by atoms with Crippen LogP contribution in [0.5, 0.6) is 0 Å². The number of thiophene rings is 1. The fraction of sp³-hybridized carbons (Fsp3) is 0.429. The molecule has 1 atom stereocenters. The van der Waals surface area contributed by atoms with Crippen molar-refractivity contribution in [1.82, 2.24) is 0 Å². The van der Waals surface area contributed by atoms with Gasteiger partial charge >= 0.3 is 0 Å². The van der Waals surface area contributed by atoms with Crippen LogP contribution in [0.2, 0.25) is 4.34 Å². The van der Waals surface area contributed by atoms with Gasteiger partial charge in [0.2, 0.25) is 0 Å². The number of aliphatic hydroxyl groups excluding tert-OH is 1. The molecule has 1 aromatic heterocycles.